The molecule has 0 fully saturated rings. The van der Waals surface area contributed by atoms with Crippen molar-refractivity contribution in [2.24, 2.45) is 0 Å². The predicted octanol–water partition coefficient (Wildman–Crippen LogP) is 7.91. The molecule has 4 aromatic rings. The molecule has 5 heteroatoms. The Hall–Kier alpha value is -2.24. The standard InChI is InChI=1S/C26H28N2OS2/c1-15(2)21-25(23(29-5)17-11-7-9-13-19(17)27-21)31-24-18-12-8-10-14-20(18)28-22(16(3)4)26(24)30-6/h7-16H,1-6H3. The van der Waals surface area contributed by atoms with Gasteiger partial charge >= 0.3 is 0 Å². The zero-order valence-electron chi connectivity index (χ0n) is 18.9. The summed E-state index contributed by atoms with van der Waals surface area (Å²) in [6.07, 6.45) is 2.14. The number of para-hydroxylation sites is 2. The minimum absolute atomic E-state index is 0.274. The summed E-state index contributed by atoms with van der Waals surface area (Å²) < 4.78 is 6.00. The molecular formula is C26H28N2OS2. The van der Waals surface area contributed by atoms with E-state index in [9.17, 15) is 0 Å². The van der Waals surface area contributed by atoms with Crippen LogP contribution in [0.3, 0.4) is 0 Å². The van der Waals surface area contributed by atoms with Crippen LogP contribution >= 0.6 is 23.5 Å². The van der Waals surface area contributed by atoms with E-state index in [1.54, 1.807) is 30.6 Å². The first-order valence-electron chi connectivity index (χ1n) is 10.6. The van der Waals surface area contributed by atoms with Crippen LogP contribution < -0.4 is 4.74 Å². The molecule has 0 N–H and O–H groups in total. The molecule has 2 aromatic carbocycles. The molecule has 0 saturated heterocycles. The number of pyridine rings is 2. The predicted molar refractivity (Wildman–Crippen MR) is 134 cm³/mol. The molecule has 0 atom stereocenters. The van der Waals surface area contributed by atoms with Crippen LogP contribution in [0.25, 0.3) is 21.8 Å². The van der Waals surface area contributed by atoms with Crippen LogP contribution in [-0.2, 0) is 0 Å². The maximum Gasteiger partial charge on any atom is 0.144 e. The Labute approximate surface area is 193 Å². The van der Waals surface area contributed by atoms with Gasteiger partial charge in [0.25, 0.3) is 0 Å². The Balaban J connectivity index is 2.05. The Bertz CT molecular complexity index is 1250. The van der Waals surface area contributed by atoms with Crippen molar-refractivity contribution in [3.05, 3.63) is 59.9 Å². The average molecular weight is 449 g/mol. The third-order valence-corrected chi connectivity index (χ3v) is 7.54. The zero-order valence-corrected chi connectivity index (χ0v) is 20.5. The lowest BCUT2D eigenvalue weighted by Gasteiger charge is -2.21. The highest BCUT2D eigenvalue weighted by atomic mass is 32.2. The number of rotatable bonds is 6. The van der Waals surface area contributed by atoms with E-state index in [4.69, 9.17) is 14.7 Å². The third kappa shape index (κ3) is 4.01. The van der Waals surface area contributed by atoms with Gasteiger partial charge in [0.15, 0.2) is 0 Å². The molecular weight excluding hydrogens is 420 g/mol. The lowest BCUT2D eigenvalue weighted by molar-refractivity contribution is 0.407. The molecule has 31 heavy (non-hydrogen) atoms. The molecule has 0 aliphatic carbocycles. The highest BCUT2D eigenvalue weighted by Gasteiger charge is 2.23. The first-order valence-corrected chi connectivity index (χ1v) is 12.6. The molecule has 3 nitrogen and oxygen atoms in total. The molecule has 2 aromatic heterocycles. The maximum atomic E-state index is 6.00. The van der Waals surface area contributed by atoms with Crippen LogP contribution in [0.2, 0.25) is 0 Å². The summed E-state index contributed by atoms with van der Waals surface area (Å²) in [5.74, 6) is 1.52. The van der Waals surface area contributed by atoms with Crippen LogP contribution in [0.5, 0.6) is 5.75 Å². The van der Waals surface area contributed by atoms with Crippen molar-refractivity contribution in [2.75, 3.05) is 13.4 Å². The second-order valence-corrected chi connectivity index (χ2v) is 10.0. The third-order valence-electron chi connectivity index (χ3n) is 5.36. The molecule has 0 spiro atoms. The van der Waals surface area contributed by atoms with Crippen LogP contribution in [0, 0.1) is 0 Å². The van der Waals surface area contributed by atoms with E-state index in [0.29, 0.717) is 5.92 Å². The summed E-state index contributed by atoms with van der Waals surface area (Å²) in [4.78, 5) is 13.6. The smallest absolute Gasteiger partial charge is 0.144 e. The topological polar surface area (TPSA) is 35.0 Å². The molecule has 0 saturated carbocycles. The number of methoxy groups -OCH3 is 1. The van der Waals surface area contributed by atoms with Crippen LogP contribution in [0.1, 0.15) is 50.9 Å². The minimum atomic E-state index is 0.274. The molecule has 0 aliphatic heterocycles. The Morgan fingerprint density at radius 1 is 0.710 bits per heavy atom. The van der Waals surface area contributed by atoms with Crippen molar-refractivity contribution in [3.8, 4) is 5.75 Å². The van der Waals surface area contributed by atoms with Gasteiger partial charge < -0.3 is 4.74 Å². The van der Waals surface area contributed by atoms with Crippen molar-refractivity contribution < 1.29 is 4.74 Å². The van der Waals surface area contributed by atoms with E-state index in [1.165, 1.54) is 15.2 Å². The number of hydrogen-bond donors (Lipinski definition) is 0. The van der Waals surface area contributed by atoms with Crippen molar-refractivity contribution in [3.63, 3.8) is 0 Å². The van der Waals surface area contributed by atoms with Gasteiger partial charge in [0, 0.05) is 20.6 Å². The highest BCUT2D eigenvalue weighted by molar-refractivity contribution is 8.02. The van der Waals surface area contributed by atoms with Gasteiger partial charge in [0.1, 0.15) is 5.75 Å². The van der Waals surface area contributed by atoms with E-state index in [2.05, 4.69) is 70.3 Å². The number of benzene rings is 2. The summed E-state index contributed by atoms with van der Waals surface area (Å²) in [7, 11) is 1.76. The normalized spacial score (nSPS) is 11.7. The van der Waals surface area contributed by atoms with Gasteiger partial charge in [-0.05, 0) is 36.3 Å². The first kappa shape index (κ1) is 22.0. The minimum Gasteiger partial charge on any atom is -0.495 e. The van der Waals surface area contributed by atoms with E-state index in [1.807, 2.05) is 12.1 Å². The fourth-order valence-electron chi connectivity index (χ4n) is 3.85. The number of fused-ring (bicyclic) bond motifs is 2. The molecule has 0 radical (unpaired) electrons. The number of thioether (sulfide) groups is 1. The Kier molecular flexibility index (Phi) is 6.44. The van der Waals surface area contributed by atoms with Gasteiger partial charge in [-0.3, -0.25) is 9.97 Å². The van der Waals surface area contributed by atoms with E-state index < -0.39 is 0 Å². The summed E-state index contributed by atoms with van der Waals surface area (Å²) >= 11 is 3.54. The quantitative estimate of drug-likeness (QED) is 0.280. The lowest BCUT2D eigenvalue weighted by atomic mass is 10.1. The van der Waals surface area contributed by atoms with E-state index in [0.717, 1.165) is 38.5 Å². The molecule has 0 unspecified atom stereocenters. The van der Waals surface area contributed by atoms with Crippen molar-refractivity contribution in [1.29, 1.82) is 0 Å². The SMILES string of the molecule is COc1c(Sc2c(SC)c(C(C)C)nc3ccccc23)c(C(C)C)nc2ccccc12. The molecule has 0 amide bonds. The summed E-state index contributed by atoms with van der Waals surface area (Å²) in [5.41, 5.74) is 4.22. The number of hydrogen-bond acceptors (Lipinski definition) is 5. The Morgan fingerprint density at radius 3 is 1.77 bits per heavy atom. The van der Waals surface area contributed by atoms with E-state index >= 15 is 0 Å². The number of aromatic nitrogens is 2. The second-order valence-electron chi connectivity index (χ2n) is 8.16. The van der Waals surface area contributed by atoms with Crippen molar-refractivity contribution in [1.82, 2.24) is 9.97 Å². The molecule has 4 rings (SSSR count). The summed E-state index contributed by atoms with van der Waals surface area (Å²) in [6.45, 7) is 8.81. The van der Waals surface area contributed by atoms with Crippen LogP contribution in [0.4, 0.5) is 0 Å². The molecule has 160 valence electrons. The monoisotopic (exact) mass is 448 g/mol. The van der Waals surface area contributed by atoms with Gasteiger partial charge in [-0.1, -0.05) is 69.8 Å². The first-order chi connectivity index (χ1) is 15.0. The zero-order chi connectivity index (χ0) is 22.1. The van der Waals surface area contributed by atoms with Crippen molar-refractivity contribution >= 4 is 45.3 Å². The van der Waals surface area contributed by atoms with Crippen LogP contribution in [0.15, 0.2) is 63.2 Å². The maximum absolute atomic E-state index is 6.00. The average Bonchev–Trinajstić information content (AvgIpc) is 2.77. The molecule has 0 aliphatic rings. The van der Waals surface area contributed by atoms with E-state index in [-0.39, 0.29) is 5.92 Å². The summed E-state index contributed by atoms with van der Waals surface area (Å²) in [5, 5.41) is 2.22. The largest absolute Gasteiger partial charge is 0.495 e. The molecule has 2 heterocycles. The summed E-state index contributed by atoms with van der Waals surface area (Å²) in [6, 6.07) is 16.7. The second kappa shape index (κ2) is 9.09. The fraction of sp³-hybridized carbons (Fsp3) is 0.308. The number of nitrogens with zero attached hydrogens (tertiary/aromatic N) is 2. The number of ether oxygens (including phenoxy) is 1. The van der Waals surface area contributed by atoms with Gasteiger partial charge in [0.05, 0.1) is 34.4 Å². The van der Waals surface area contributed by atoms with Gasteiger partial charge in [0.2, 0.25) is 0 Å². The Morgan fingerprint density at radius 2 is 1.23 bits per heavy atom. The fourth-order valence-corrected chi connectivity index (χ4v) is 6.37. The van der Waals surface area contributed by atoms with Gasteiger partial charge in [-0.2, -0.15) is 0 Å². The van der Waals surface area contributed by atoms with Crippen molar-refractivity contribution in [2.45, 2.75) is 54.2 Å². The lowest BCUT2D eigenvalue weighted by Crippen LogP contribution is -2.03. The highest BCUT2D eigenvalue weighted by Crippen LogP contribution is 2.48. The van der Waals surface area contributed by atoms with Crippen LogP contribution in [-0.4, -0.2) is 23.3 Å². The molecule has 0 bridgehead atoms. The van der Waals surface area contributed by atoms with Gasteiger partial charge in [-0.15, -0.1) is 11.8 Å². The van der Waals surface area contributed by atoms with Gasteiger partial charge in [-0.25, -0.2) is 0 Å².